The van der Waals surface area contributed by atoms with E-state index in [4.69, 9.17) is 23.7 Å². The molecule has 0 aromatic heterocycles. The molecule has 0 bridgehead atoms. The highest BCUT2D eigenvalue weighted by Gasteiger charge is 2.52. The van der Waals surface area contributed by atoms with Gasteiger partial charge in [0.1, 0.15) is 12.7 Å². The smallest absolute Gasteiger partial charge is 0.303 e. The van der Waals surface area contributed by atoms with Crippen LogP contribution in [0.1, 0.15) is 41.5 Å². The van der Waals surface area contributed by atoms with Gasteiger partial charge in [-0.3, -0.25) is 24.2 Å². The zero-order valence-electron chi connectivity index (χ0n) is 18.1. The van der Waals surface area contributed by atoms with Crippen molar-refractivity contribution in [3.05, 3.63) is 0 Å². The molecule has 0 spiro atoms. The summed E-state index contributed by atoms with van der Waals surface area (Å²) in [6.07, 6.45) is -4.16. The average Bonchev–Trinajstić information content (AvgIpc) is 2.60. The number of rotatable bonds is 9. The SMILES string of the molecule is CC(=O)OC[C@H]1O[C@@H](NC=NCC(C)C)[C@H](OC(C)=O)[C@@H](OC(C)=O)[C@@H]1OC(C)=O. The maximum atomic E-state index is 11.7. The lowest BCUT2D eigenvalue weighted by Gasteiger charge is -2.44. The Hall–Kier alpha value is -2.69. The summed E-state index contributed by atoms with van der Waals surface area (Å²) in [4.78, 5) is 50.5. The molecule has 30 heavy (non-hydrogen) atoms. The van der Waals surface area contributed by atoms with Crippen molar-refractivity contribution in [2.45, 2.75) is 72.2 Å². The van der Waals surface area contributed by atoms with Gasteiger partial charge in [-0.25, -0.2) is 0 Å². The summed E-state index contributed by atoms with van der Waals surface area (Å²) in [6, 6.07) is 0. The Labute approximate surface area is 175 Å². The minimum atomic E-state index is -1.21. The summed E-state index contributed by atoms with van der Waals surface area (Å²) in [7, 11) is 0. The Balaban J connectivity index is 3.23. The largest absolute Gasteiger partial charge is 0.463 e. The summed E-state index contributed by atoms with van der Waals surface area (Å²) < 4.78 is 26.8. The van der Waals surface area contributed by atoms with Crippen LogP contribution in [0.4, 0.5) is 0 Å². The monoisotopic (exact) mass is 430 g/mol. The molecule has 1 aliphatic heterocycles. The molecule has 0 aromatic rings. The summed E-state index contributed by atoms with van der Waals surface area (Å²) in [5.41, 5.74) is 0. The number of esters is 4. The third kappa shape index (κ3) is 8.76. The minimum Gasteiger partial charge on any atom is -0.463 e. The molecule has 1 saturated heterocycles. The third-order valence-corrected chi connectivity index (χ3v) is 3.79. The maximum absolute atomic E-state index is 11.7. The molecule has 11 heteroatoms. The van der Waals surface area contributed by atoms with Gasteiger partial charge in [0.05, 0.1) is 6.34 Å². The standard InChI is InChI=1S/C19H30N2O9/c1-10(2)7-20-9-21-19-18(29-14(6)25)17(28-13(5)24)16(27-12(4)23)15(30-19)8-26-11(3)22/h9-10,15-19H,7-8H2,1-6H3,(H,20,21)/t15-,16-,17+,18-,19-/m1/s1. The first-order valence-corrected chi connectivity index (χ1v) is 9.56. The lowest BCUT2D eigenvalue weighted by Crippen LogP contribution is -2.65. The number of nitrogens with zero attached hydrogens (tertiary/aromatic N) is 1. The Morgan fingerprint density at radius 3 is 1.93 bits per heavy atom. The molecule has 1 N–H and O–H groups in total. The molecule has 1 aliphatic rings. The van der Waals surface area contributed by atoms with Crippen molar-refractivity contribution in [2.24, 2.45) is 10.9 Å². The van der Waals surface area contributed by atoms with Gasteiger partial charge in [-0.2, -0.15) is 0 Å². The predicted octanol–water partition coefficient (Wildman–Crippen LogP) is 0.343. The average molecular weight is 430 g/mol. The highest BCUT2D eigenvalue weighted by molar-refractivity contribution is 5.69. The fourth-order valence-corrected chi connectivity index (χ4v) is 2.75. The maximum Gasteiger partial charge on any atom is 0.303 e. The number of carbonyl (C=O) groups excluding carboxylic acids is 4. The first-order chi connectivity index (χ1) is 14.0. The van der Waals surface area contributed by atoms with Gasteiger partial charge in [-0.15, -0.1) is 0 Å². The molecular weight excluding hydrogens is 400 g/mol. The lowest BCUT2D eigenvalue weighted by atomic mass is 9.97. The van der Waals surface area contributed by atoms with Crippen LogP contribution in [0.2, 0.25) is 0 Å². The Morgan fingerprint density at radius 1 is 0.900 bits per heavy atom. The van der Waals surface area contributed by atoms with Gasteiger partial charge in [-0.1, -0.05) is 13.8 Å². The summed E-state index contributed by atoms with van der Waals surface area (Å²) >= 11 is 0. The van der Waals surface area contributed by atoms with Crippen LogP contribution >= 0.6 is 0 Å². The van der Waals surface area contributed by atoms with E-state index in [2.05, 4.69) is 10.3 Å². The molecule has 0 amide bonds. The van der Waals surface area contributed by atoms with E-state index in [-0.39, 0.29) is 6.61 Å². The number of hydrogen-bond acceptors (Lipinski definition) is 10. The fraction of sp³-hybridized carbons (Fsp3) is 0.737. The Bertz CT molecular complexity index is 650. The molecule has 0 aliphatic carbocycles. The Kier molecular flexibility index (Phi) is 10.2. The zero-order valence-corrected chi connectivity index (χ0v) is 18.1. The van der Waals surface area contributed by atoms with Crippen LogP contribution in [0.25, 0.3) is 0 Å². The molecular formula is C19H30N2O9. The highest BCUT2D eigenvalue weighted by Crippen LogP contribution is 2.28. The van der Waals surface area contributed by atoms with Crippen LogP contribution < -0.4 is 5.32 Å². The van der Waals surface area contributed by atoms with Crippen molar-refractivity contribution < 1.29 is 42.9 Å². The van der Waals surface area contributed by atoms with E-state index >= 15 is 0 Å². The van der Waals surface area contributed by atoms with Gasteiger partial charge in [-0.05, 0) is 5.92 Å². The van der Waals surface area contributed by atoms with E-state index in [9.17, 15) is 19.2 Å². The highest BCUT2D eigenvalue weighted by atomic mass is 16.7. The molecule has 1 heterocycles. The second-order valence-corrected chi connectivity index (χ2v) is 7.17. The lowest BCUT2D eigenvalue weighted by molar-refractivity contribution is -0.254. The van der Waals surface area contributed by atoms with Crippen molar-refractivity contribution in [3.63, 3.8) is 0 Å². The molecule has 0 unspecified atom stereocenters. The quantitative estimate of drug-likeness (QED) is 0.236. The van der Waals surface area contributed by atoms with Crippen LogP contribution in [-0.4, -0.2) is 74.0 Å². The Morgan fingerprint density at radius 2 is 1.43 bits per heavy atom. The van der Waals surface area contributed by atoms with E-state index in [0.29, 0.717) is 12.5 Å². The molecule has 170 valence electrons. The van der Waals surface area contributed by atoms with Crippen molar-refractivity contribution in [1.29, 1.82) is 0 Å². The molecule has 11 nitrogen and oxygen atoms in total. The van der Waals surface area contributed by atoms with Crippen molar-refractivity contribution in [2.75, 3.05) is 13.2 Å². The van der Waals surface area contributed by atoms with Crippen molar-refractivity contribution in [1.82, 2.24) is 5.32 Å². The number of nitrogens with one attached hydrogen (secondary N) is 1. The van der Waals surface area contributed by atoms with Crippen LogP contribution in [-0.2, 0) is 42.9 Å². The second kappa shape index (κ2) is 12.1. The van der Waals surface area contributed by atoms with Crippen molar-refractivity contribution >= 4 is 30.2 Å². The van der Waals surface area contributed by atoms with E-state index in [1.54, 1.807) is 0 Å². The normalized spacial score (nSPS) is 26.2. The topological polar surface area (TPSA) is 139 Å². The van der Waals surface area contributed by atoms with Crippen LogP contribution in [0, 0.1) is 5.92 Å². The summed E-state index contributed by atoms with van der Waals surface area (Å²) in [5, 5.41) is 2.86. The van der Waals surface area contributed by atoms with Crippen LogP contribution in [0.5, 0.6) is 0 Å². The van der Waals surface area contributed by atoms with Gasteiger partial charge >= 0.3 is 23.9 Å². The van der Waals surface area contributed by atoms with Gasteiger partial charge < -0.3 is 29.0 Å². The van der Waals surface area contributed by atoms with E-state index in [1.165, 1.54) is 27.1 Å². The number of aliphatic imine (C=N–C) groups is 1. The van der Waals surface area contributed by atoms with Gasteiger partial charge in [0.15, 0.2) is 24.5 Å². The van der Waals surface area contributed by atoms with Gasteiger partial charge in [0.2, 0.25) is 0 Å². The first-order valence-electron chi connectivity index (χ1n) is 9.56. The number of carbonyl (C=O) groups is 4. The minimum absolute atomic E-state index is 0.279. The van der Waals surface area contributed by atoms with Crippen molar-refractivity contribution in [3.8, 4) is 0 Å². The molecule has 5 atom stereocenters. The number of hydrogen-bond donors (Lipinski definition) is 1. The van der Waals surface area contributed by atoms with Crippen LogP contribution in [0.3, 0.4) is 0 Å². The third-order valence-electron chi connectivity index (χ3n) is 3.79. The fourth-order valence-electron chi connectivity index (χ4n) is 2.75. The predicted molar refractivity (Wildman–Crippen MR) is 103 cm³/mol. The molecule has 0 saturated carbocycles. The van der Waals surface area contributed by atoms with Crippen LogP contribution in [0.15, 0.2) is 4.99 Å². The number of ether oxygens (including phenoxy) is 5. The summed E-state index contributed by atoms with van der Waals surface area (Å²) in [6.45, 7) is 8.97. The van der Waals surface area contributed by atoms with E-state index in [0.717, 1.165) is 6.92 Å². The van der Waals surface area contributed by atoms with E-state index < -0.39 is 54.5 Å². The first kappa shape index (κ1) is 25.3. The molecule has 1 fully saturated rings. The van der Waals surface area contributed by atoms with Gasteiger partial charge in [0.25, 0.3) is 0 Å². The molecule has 1 rings (SSSR count). The molecule has 0 aromatic carbocycles. The van der Waals surface area contributed by atoms with E-state index in [1.807, 2.05) is 13.8 Å². The molecule has 0 radical (unpaired) electrons. The second-order valence-electron chi connectivity index (χ2n) is 7.17. The zero-order chi connectivity index (χ0) is 22.8. The summed E-state index contributed by atoms with van der Waals surface area (Å²) in [5.74, 6) is -2.28. The van der Waals surface area contributed by atoms with Gasteiger partial charge in [0, 0.05) is 34.2 Å².